The van der Waals surface area contributed by atoms with Gasteiger partial charge in [-0.1, -0.05) is 0 Å². The van der Waals surface area contributed by atoms with Crippen LogP contribution in [0.4, 0.5) is 5.69 Å². The van der Waals surface area contributed by atoms with Crippen LogP contribution in [-0.4, -0.2) is 27.3 Å². The summed E-state index contributed by atoms with van der Waals surface area (Å²) in [5, 5.41) is 3.24. The molecule has 0 atom stereocenters. The Bertz CT molecular complexity index is 561. The summed E-state index contributed by atoms with van der Waals surface area (Å²) in [6.07, 6.45) is 1.83. The molecule has 1 aromatic rings. The highest BCUT2D eigenvalue weighted by Gasteiger charge is 2.22. The first-order chi connectivity index (χ1) is 9.37. The van der Waals surface area contributed by atoms with Crippen LogP contribution in [-0.2, 0) is 10.0 Å². The third-order valence-corrected chi connectivity index (χ3v) is 6.03. The van der Waals surface area contributed by atoms with Crippen molar-refractivity contribution in [2.24, 2.45) is 5.92 Å². The molecule has 0 aromatic heterocycles. The number of nitrogens with one attached hydrogen (secondary N) is 2. The molecule has 0 aliphatic carbocycles. The topological polar surface area (TPSA) is 58.2 Å². The molecule has 1 aromatic carbocycles. The number of benzene rings is 1. The van der Waals surface area contributed by atoms with Gasteiger partial charge < -0.3 is 5.32 Å². The van der Waals surface area contributed by atoms with Gasteiger partial charge in [-0.2, -0.15) is 0 Å². The van der Waals surface area contributed by atoms with Crippen molar-refractivity contribution in [3.05, 3.63) is 26.6 Å². The minimum Gasteiger partial charge on any atom is -0.317 e. The standard InChI is InChI=1S/C13H18Br2N2O2S/c1-9-6-11(14)13(12(15)7-9)17-20(18,19)8-10-2-4-16-5-3-10/h6-7,10,16-17H,2-5,8H2,1H3. The van der Waals surface area contributed by atoms with Gasteiger partial charge in [-0.15, -0.1) is 0 Å². The molecule has 1 fully saturated rings. The molecule has 0 saturated carbocycles. The molecule has 0 bridgehead atoms. The number of halogens is 2. The van der Waals surface area contributed by atoms with E-state index in [-0.39, 0.29) is 11.7 Å². The SMILES string of the molecule is Cc1cc(Br)c(NS(=O)(=O)CC2CCNCC2)c(Br)c1. The van der Waals surface area contributed by atoms with Gasteiger partial charge in [-0.25, -0.2) is 8.42 Å². The fourth-order valence-electron chi connectivity index (χ4n) is 2.35. The van der Waals surface area contributed by atoms with Gasteiger partial charge in [0.15, 0.2) is 0 Å². The van der Waals surface area contributed by atoms with Crippen molar-refractivity contribution in [3.8, 4) is 0 Å². The van der Waals surface area contributed by atoms with Crippen LogP contribution in [0.3, 0.4) is 0 Å². The highest BCUT2D eigenvalue weighted by atomic mass is 79.9. The molecule has 1 heterocycles. The van der Waals surface area contributed by atoms with Crippen LogP contribution in [0.2, 0.25) is 0 Å². The van der Waals surface area contributed by atoms with Crippen molar-refractivity contribution < 1.29 is 8.42 Å². The lowest BCUT2D eigenvalue weighted by molar-refractivity contribution is 0.402. The van der Waals surface area contributed by atoms with Crippen LogP contribution < -0.4 is 10.0 Å². The van der Waals surface area contributed by atoms with Crippen LogP contribution >= 0.6 is 31.9 Å². The molecule has 0 amide bonds. The Labute approximate surface area is 137 Å². The van der Waals surface area contributed by atoms with E-state index in [4.69, 9.17) is 0 Å². The maximum absolute atomic E-state index is 12.3. The maximum Gasteiger partial charge on any atom is 0.233 e. The fourth-order valence-corrected chi connectivity index (χ4v) is 5.80. The molecule has 4 nitrogen and oxygen atoms in total. The van der Waals surface area contributed by atoms with Crippen molar-refractivity contribution in [2.75, 3.05) is 23.6 Å². The summed E-state index contributed by atoms with van der Waals surface area (Å²) in [4.78, 5) is 0. The van der Waals surface area contributed by atoms with Gasteiger partial charge in [-0.3, -0.25) is 4.72 Å². The molecule has 1 aliphatic rings. The molecule has 2 N–H and O–H groups in total. The van der Waals surface area contributed by atoms with E-state index in [9.17, 15) is 8.42 Å². The first kappa shape index (κ1) is 16.3. The van der Waals surface area contributed by atoms with E-state index in [1.54, 1.807) is 0 Å². The zero-order valence-corrected chi connectivity index (χ0v) is 15.2. The van der Waals surface area contributed by atoms with E-state index < -0.39 is 10.0 Å². The number of sulfonamides is 1. The third-order valence-electron chi connectivity index (χ3n) is 3.36. The molecule has 1 saturated heterocycles. The van der Waals surface area contributed by atoms with Crippen LogP contribution in [0.5, 0.6) is 0 Å². The second-order valence-electron chi connectivity index (χ2n) is 5.18. The summed E-state index contributed by atoms with van der Waals surface area (Å²) in [5.41, 5.74) is 1.63. The lowest BCUT2D eigenvalue weighted by Gasteiger charge is -2.23. The molecule has 20 heavy (non-hydrogen) atoms. The molecule has 2 rings (SSSR count). The second kappa shape index (κ2) is 6.77. The van der Waals surface area contributed by atoms with Crippen LogP contribution in [0.15, 0.2) is 21.1 Å². The minimum absolute atomic E-state index is 0.182. The molecule has 0 radical (unpaired) electrons. The normalized spacial score (nSPS) is 17.1. The predicted molar refractivity (Wildman–Crippen MR) is 89.6 cm³/mol. The van der Waals surface area contributed by atoms with E-state index in [1.807, 2.05) is 19.1 Å². The summed E-state index contributed by atoms with van der Waals surface area (Å²) in [6.45, 7) is 3.76. The lowest BCUT2D eigenvalue weighted by Crippen LogP contribution is -2.33. The van der Waals surface area contributed by atoms with Gasteiger partial charge in [0.1, 0.15) is 0 Å². The smallest absolute Gasteiger partial charge is 0.233 e. The molecule has 1 aliphatic heterocycles. The minimum atomic E-state index is -3.33. The van der Waals surface area contributed by atoms with Gasteiger partial charge in [0.2, 0.25) is 10.0 Å². The van der Waals surface area contributed by atoms with Crippen molar-refractivity contribution in [1.82, 2.24) is 5.32 Å². The molecular weight excluding hydrogens is 408 g/mol. The highest BCUT2D eigenvalue weighted by Crippen LogP contribution is 2.33. The fraction of sp³-hybridized carbons (Fsp3) is 0.538. The zero-order chi connectivity index (χ0) is 14.8. The van der Waals surface area contributed by atoms with E-state index in [0.717, 1.165) is 40.4 Å². The number of aryl methyl sites for hydroxylation is 1. The van der Waals surface area contributed by atoms with Gasteiger partial charge in [0, 0.05) is 8.95 Å². The first-order valence-electron chi connectivity index (χ1n) is 6.54. The number of piperidine rings is 1. The third kappa shape index (κ3) is 4.44. The molecule has 0 spiro atoms. The van der Waals surface area contributed by atoms with Gasteiger partial charge in [0.25, 0.3) is 0 Å². The lowest BCUT2D eigenvalue weighted by atomic mass is 10.0. The summed E-state index contributed by atoms with van der Waals surface area (Å²) in [5.74, 6) is 0.415. The van der Waals surface area contributed by atoms with Gasteiger partial charge >= 0.3 is 0 Å². The Morgan fingerprint density at radius 1 is 1.25 bits per heavy atom. The van der Waals surface area contributed by atoms with Crippen LogP contribution in [0.25, 0.3) is 0 Å². The zero-order valence-electron chi connectivity index (χ0n) is 11.2. The monoisotopic (exact) mass is 424 g/mol. The van der Waals surface area contributed by atoms with E-state index >= 15 is 0 Å². The maximum atomic E-state index is 12.3. The van der Waals surface area contributed by atoms with Crippen molar-refractivity contribution in [2.45, 2.75) is 19.8 Å². The Balaban J connectivity index is 2.11. The number of hydrogen-bond donors (Lipinski definition) is 2. The Morgan fingerprint density at radius 3 is 2.35 bits per heavy atom. The van der Waals surface area contributed by atoms with Crippen LogP contribution in [0.1, 0.15) is 18.4 Å². The number of rotatable bonds is 4. The number of hydrogen-bond acceptors (Lipinski definition) is 3. The van der Waals surface area contributed by atoms with Crippen LogP contribution in [0, 0.1) is 12.8 Å². The summed E-state index contributed by atoms with van der Waals surface area (Å²) < 4.78 is 28.8. The van der Waals surface area contributed by atoms with Crippen molar-refractivity contribution in [1.29, 1.82) is 0 Å². The predicted octanol–water partition coefficient (Wildman–Crippen LogP) is 3.26. The second-order valence-corrected chi connectivity index (χ2v) is 8.66. The Morgan fingerprint density at radius 2 is 1.80 bits per heavy atom. The molecule has 112 valence electrons. The highest BCUT2D eigenvalue weighted by molar-refractivity contribution is 9.11. The summed E-state index contributed by atoms with van der Waals surface area (Å²) in [6, 6.07) is 3.79. The van der Waals surface area contributed by atoms with Crippen molar-refractivity contribution >= 4 is 47.6 Å². The molecule has 7 heteroatoms. The number of anilines is 1. The van der Waals surface area contributed by atoms with Gasteiger partial charge in [0.05, 0.1) is 11.4 Å². The average molecular weight is 426 g/mol. The quantitative estimate of drug-likeness (QED) is 0.778. The van der Waals surface area contributed by atoms with Gasteiger partial charge in [-0.05, 0) is 88.3 Å². The largest absolute Gasteiger partial charge is 0.317 e. The van der Waals surface area contributed by atoms with E-state index in [1.165, 1.54) is 0 Å². The van der Waals surface area contributed by atoms with E-state index in [2.05, 4.69) is 41.9 Å². The Hall–Kier alpha value is -0.110. The summed E-state index contributed by atoms with van der Waals surface area (Å²) in [7, 11) is -3.33. The average Bonchev–Trinajstić information content (AvgIpc) is 2.34. The summed E-state index contributed by atoms with van der Waals surface area (Å²) >= 11 is 6.82. The van der Waals surface area contributed by atoms with Crippen molar-refractivity contribution in [3.63, 3.8) is 0 Å². The molecule has 0 unspecified atom stereocenters. The van der Waals surface area contributed by atoms with E-state index in [0.29, 0.717) is 5.69 Å². The first-order valence-corrected chi connectivity index (χ1v) is 9.78. The molecular formula is C13H18Br2N2O2S. The Kier molecular flexibility index (Phi) is 5.50.